The number of rotatable bonds is 3. The summed E-state index contributed by atoms with van der Waals surface area (Å²) < 4.78 is 13.5. The molecule has 0 saturated carbocycles. The molecule has 1 nitrogen and oxygen atoms in total. The minimum atomic E-state index is -0.261. The van der Waals surface area contributed by atoms with E-state index in [9.17, 15) is 4.39 Å². The van der Waals surface area contributed by atoms with Crippen molar-refractivity contribution in [2.75, 3.05) is 5.32 Å². The van der Waals surface area contributed by atoms with Crippen molar-refractivity contribution < 1.29 is 4.39 Å². The Morgan fingerprint density at radius 2 is 2.00 bits per heavy atom. The second kappa shape index (κ2) is 5.72. The predicted octanol–water partition coefficient (Wildman–Crippen LogP) is 5.16. The molecule has 0 atom stereocenters. The molecule has 2 aromatic rings. The largest absolute Gasteiger partial charge is 0.381 e. The zero-order valence-corrected chi connectivity index (χ0v) is 12.1. The highest BCUT2D eigenvalue weighted by molar-refractivity contribution is 9.10. The average molecular weight is 329 g/mol. The van der Waals surface area contributed by atoms with E-state index in [-0.39, 0.29) is 5.82 Å². The van der Waals surface area contributed by atoms with Crippen LogP contribution in [0.5, 0.6) is 0 Å². The summed E-state index contributed by atoms with van der Waals surface area (Å²) in [5.41, 5.74) is 3.17. The Morgan fingerprint density at radius 3 is 2.67 bits per heavy atom. The summed E-state index contributed by atoms with van der Waals surface area (Å²) in [6.07, 6.45) is 0. The molecule has 0 radical (unpaired) electrons. The van der Waals surface area contributed by atoms with Gasteiger partial charge in [-0.05, 0) is 64.3 Å². The van der Waals surface area contributed by atoms with Crippen molar-refractivity contribution in [2.24, 2.45) is 0 Å². The fourth-order valence-electron chi connectivity index (χ4n) is 1.66. The minimum absolute atomic E-state index is 0.261. The van der Waals surface area contributed by atoms with Crippen molar-refractivity contribution in [3.05, 3.63) is 62.8 Å². The van der Waals surface area contributed by atoms with Gasteiger partial charge in [-0.15, -0.1) is 0 Å². The van der Waals surface area contributed by atoms with Gasteiger partial charge < -0.3 is 5.32 Å². The fourth-order valence-corrected chi connectivity index (χ4v) is 2.27. The van der Waals surface area contributed by atoms with Crippen LogP contribution in [-0.4, -0.2) is 0 Å². The second-order valence-electron chi connectivity index (χ2n) is 4.05. The van der Waals surface area contributed by atoms with Crippen LogP contribution in [0.3, 0.4) is 0 Å². The Labute approximate surface area is 119 Å². The van der Waals surface area contributed by atoms with Crippen molar-refractivity contribution in [2.45, 2.75) is 13.5 Å². The number of hydrogen-bond donors (Lipinski definition) is 1. The molecule has 4 heteroatoms. The molecule has 2 rings (SSSR count). The highest BCUT2D eigenvalue weighted by atomic mass is 79.9. The van der Waals surface area contributed by atoms with Crippen LogP contribution < -0.4 is 5.32 Å². The van der Waals surface area contributed by atoms with Gasteiger partial charge in [-0.2, -0.15) is 0 Å². The molecular weight excluding hydrogens is 317 g/mol. The molecule has 0 fully saturated rings. The fraction of sp³-hybridized carbons (Fsp3) is 0.143. The third-order valence-corrected chi connectivity index (χ3v) is 3.55. The van der Waals surface area contributed by atoms with Crippen LogP contribution in [0.1, 0.15) is 11.1 Å². The number of hydrogen-bond acceptors (Lipinski definition) is 1. The molecule has 18 heavy (non-hydrogen) atoms. The van der Waals surface area contributed by atoms with E-state index in [2.05, 4.69) is 21.2 Å². The van der Waals surface area contributed by atoms with E-state index in [1.54, 1.807) is 12.1 Å². The average Bonchev–Trinajstić information content (AvgIpc) is 2.32. The number of benzene rings is 2. The molecule has 0 heterocycles. The van der Waals surface area contributed by atoms with Crippen LogP contribution in [-0.2, 0) is 6.54 Å². The molecule has 0 aromatic heterocycles. The number of aryl methyl sites for hydroxylation is 1. The summed E-state index contributed by atoms with van der Waals surface area (Å²) in [5.74, 6) is -0.261. The molecule has 0 saturated heterocycles. The lowest BCUT2D eigenvalue weighted by atomic mass is 10.1. The SMILES string of the molecule is Cc1cc(Cl)ccc1CNc1ccc(F)c(Br)c1. The quantitative estimate of drug-likeness (QED) is 0.820. The first-order valence-electron chi connectivity index (χ1n) is 5.50. The molecule has 0 spiro atoms. The van der Waals surface area contributed by atoms with Gasteiger partial charge >= 0.3 is 0 Å². The van der Waals surface area contributed by atoms with Gasteiger partial charge in [0.05, 0.1) is 4.47 Å². The third-order valence-electron chi connectivity index (χ3n) is 2.71. The van der Waals surface area contributed by atoms with Crippen LogP contribution in [0.25, 0.3) is 0 Å². The molecule has 1 N–H and O–H groups in total. The van der Waals surface area contributed by atoms with Crippen molar-refractivity contribution in [1.29, 1.82) is 0 Å². The lowest BCUT2D eigenvalue weighted by Crippen LogP contribution is -2.01. The van der Waals surface area contributed by atoms with Crippen LogP contribution >= 0.6 is 27.5 Å². The maximum Gasteiger partial charge on any atom is 0.137 e. The smallest absolute Gasteiger partial charge is 0.137 e. The number of anilines is 1. The molecule has 0 aliphatic carbocycles. The van der Waals surface area contributed by atoms with Gasteiger partial charge in [-0.1, -0.05) is 17.7 Å². The van der Waals surface area contributed by atoms with Crippen LogP contribution in [0.2, 0.25) is 5.02 Å². The molecule has 0 aliphatic rings. The molecule has 2 aromatic carbocycles. The van der Waals surface area contributed by atoms with E-state index in [1.807, 2.05) is 25.1 Å². The standard InChI is InChI=1S/C14H12BrClFN/c1-9-6-11(16)3-2-10(9)8-18-12-4-5-14(17)13(15)7-12/h2-7,18H,8H2,1H3. The third kappa shape index (κ3) is 3.24. The maximum atomic E-state index is 13.1. The molecule has 0 aliphatic heterocycles. The van der Waals surface area contributed by atoms with Gasteiger partial charge in [-0.3, -0.25) is 0 Å². The van der Waals surface area contributed by atoms with E-state index in [1.165, 1.54) is 11.6 Å². The van der Waals surface area contributed by atoms with E-state index >= 15 is 0 Å². The Morgan fingerprint density at radius 1 is 1.22 bits per heavy atom. The van der Waals surface area contributed by atoms with Gasteiger partial charge in [0.15, 0.2) is 0 Å². The van der Waals surface area contributed by atoms with Crippen molar-refractivity contribution in [3.8, 4) is 0 Å². The Hall–Kier alpha value is -1.06. The van der Waals surface area contributed by atoms with Gasteiger partial charge in [0.1, 0.15) is 5.82 Å². The van der Waals surface area contributed by atoms with E-state index < -0.39 is 0 Å². The van der Waals surface area contributed by atoms with Gasteiger partial charge in [0, 0.05) is 17.3 Å². The first kappa shape index (κ1) is 13.4. The highest BCUT2D eigenvalue weighted by Crippen LogP contribution is 2.21. The van der Waals surface area contributed by atoms with Crippen molar-refractivity contribution >= 4 is 33.2 Å². The normalized spacial score (nSPS) is 10.4. The summed E-state index contributed by atoms with van der Waals surface area (Å²) in [6, 6.07) is 10.7. The molecule has 0 unspecified atom stereocenters. The van der Waals surface area contributed by atoms with Crippen LogP contribution in [0.4, 0.5) is 10.1 Å². The lowest BCUT2D eigenvalue weighted by Gasteiger charge is -2.10. The summed E-state index contributed by atoms with van der Waals surface area (Å²) in [4.78, 5) is 0. The zero-order valence-electron chi connectivity index (χ0n) is 9.81. The van der Waals surface area contributed by atoms with Gasteiger partial charge in [-0.25, -0.2) is 4.39 Å². The second-order valence-corrected chi connectivity index (χ2v) is 5.34. The highest BCUT2D eigenvalue weighted by Gasteiger charge is 2.02. The number of nitrogens with one attached hydrogen (secondary N) is 1. The molecule has 0 bridgehead atoms. The summed E-state index contributed by atoms with van der Waals surface area (Å²) in [7, 11) is 0. The first-order valence-corrected chi connectivity index (χ1v) is 6.67. The molecule has 0 amide bonds. The minimum Gasteiger partial charge on any atom is -0.381 e. The number of halogens is 3. The summed E-state index contributed by atoms with van der Waals surface area (Å²) in [5, 5.41) is 3.99. The Kier molecular flexibility index (Phi) is 4.25. The molecule has 94 valence electrons. The van der Waals surface area contributed by atoms with E-state index in [4.69, 9.17) is 11.6 Å². The zero-order chi connectivity index (χ0) is 13.1. The van der Waals surface area contributed by atoms with Crippen LogP contribution in [0.15, 0.2) is 40.9 Å². The monoisotopic (exact) mass is 327 g/mol. The van der Waals surface area contributed by atoms with Gasteiger partial charge in [0.2, 0.25) is 0 Å². The summed E-state index contributed by atoms with van der Waals surface area (Å²) in [6.45, 7) is 2.70. The van der Waals surface area contributed by atoms with Crippen LogP contribution in [0, 0.1) is 12.7 Å². The Bertz CT molecular complexity index is 572. The Balaban J connectivity index is 2.09. The summed E-state index contributed by atoms with van der Waals surface area (Å²) >= 11 is 9.07. The predicted molar refractivity (Wildman–Crippen MR) is 77.6 cm³/mol. The maximum absolute atomic E-state index is 13.1. The topological polar surface area (TPSA) is 12.0 Å². The molecular formula is C14H12BrClFN. The van der Waals surface area contributed by atoms with Gasteiger partial charge in [0.25, 0.3) is 0 Å². The van der Waals surface area contributed by atoms with Crippen molar-refractivity contribution in [1.82, 2.24) is 0 Å². The first-order chi connectivity index (χ1) is 8.56. The van der Waals surface area contributed by atoms with Crippen molar-refractivity contribution in [3.63, 3.8) is 0 Å². The van der Waals surface area contributed by atoms with E-state index in [0.717, 1.165) is 16.3 Å². The van der Waals surface area contributed by atoms with E-state index in [0.29, 0.717) is 11.0 Å². The lowest BCUT2D eigenvalue weighted by molar-refractivity contribution is 0.621.